The quantitative estimate of drug-likeness (QED) is 0.440. The normalized spacial score (nSPS) is 12.6. The van der Waals surface area contributed by atoms with Crippen molar-refractivity contribution in [2.75, 3.05) is 0 Å². The van der Waals surface area contributed by atoms with Gasteiger partial charge in [-0.15, -0.1) is 0 Å². The first-order valence-electron chi connectivity index (χ1n) is 8.52. The van der Waals surface area contributed by atoms with Crippen LogP contribution in [0.1, 0.15) is 35.6 Å². The van der Waals surface area contributed by atoms with Crippen LogP contribution in [0, 0.1) is 0 Å². The van der Waals surface area contributed by atoms with E-state index in [0.29, 0.717) is 0 Å². The molecule has 0 nitrogen and oxygen atoms in total. The SMILES string of the molecule is CC/C(=C(/c1ccccc1)c1ccc(C(F)(F)F)cc1)c1ccccc1. The van der Waals surface area contributed by atoms with Gasteiger partial charge in [-0.25, -0.2) is 0 Å². The molecule has 0 N–H and O–H groups in total. The van der Waals surface area contributed by atoms with Crippen molar-refractivity contribution >= 4 is 11.1 Å². The summed E-state index contributed by atoms with van der Waals surface area (Å²) in [5, 5.41) is 0. The van der Waals surface area contributed by atoms with Crippen LogP contribution in [-0.4, -0.2) is 0 Å². The minimum atomic E-state index is -4.33. The molecular formula is C23H19F3. The fraction of sp³-hybridized carbons (Fsp3) is 0.130. The molecule has 0 fully saturated rings. The van der Waals surface area contributed by atoms with Gasteiger partial charge in [-0.1, -0.05) is 79.7 Å². The van der Waals surface area contributed by atoms with E-state index < -0.39 is 11.7 Å². The Hall–Kier alpha value is -2.81. The highest BCUT2D eigenvalue weighted by atomic mass is 19.4. The van der Waals surface area contributed by atoms with Gasteiger partial charge in [-0.2, -0.15) is 13.2 Å². The Morgan fingerprint density at radius 1 is 0.654 bits per heavy atom. The lowest BCUT2D eigenvalue weighted by Gasteiger charge is -2.17. The summed E-state index contributed by atoms with van der Waals surface area (Å²) in [7, 11) is 0. The maximum atomic E-state index is 12.9. The zero-order chi connectivity index (χ0) is 18.6. The Bertz CT molecular complexity index is 874. The summed E-state index contributed by atoms with van der Waals surface area (Å²) in [4.78, 5) is 0. The number of alkyl halides is 3. The molecule has 0 aliphatic heterocycles. The van der Waals surface area contributed by atoms with Crippen molar-refractivity contribution in [2.45, 2.75) is 19.5 Å². The fourth-order valence-corrected chi connectivity index (χ4v) is 3.11. The number of hydrogen-bond donors (Lipinski definition) is 0. The Labute approximate surface area is 151 Å². The topological polar surface area (TPSA) is 0 Å². The second kappa shape index (κ2) is 7.61. The molecule has 132 valence electrons. The smallest absolute Gasteiger partial charge is 0.166 e. The predicted octanol–water partition coefficient (Wildman–Crippen LogP) is 7.07. The van der Waals surface area contributed by atoms with E-state index in [1.165, 1.54) is 0 Å². The molecule has 0 atom stereocenters. The number of rotatable bonds is 4. The van der Waals surface area contributed by atoms with E-state index in [2.05, 4.69) is 6.92 Å². The number of benzene rings is 3. The summed E-state index contributed by atoms with van der Waals surface area (Å²) < 4.78 is 38.8. The van der Waals surface area contributed by atoms with Crippen molar-refractivity contribution in [1.82, 2.24) is 0 Å². The first-order chi connectivity index (χ1) is 12.5. The molecule has 0 saturated carbocycles. The van der Waals surface area contributed by atoms with E-state index in [1.54, 1.807) is 12.1 Å². The average molecular weight is 352 g/mol. The molecule has 3 heteroatoms. The number of allylic oxidation sites excluding steroid dienone is 1. The number of halogens is 3. The molecule has 26 heavy (non-hydrogen) atoms. The second-order valence-corrected chi connectivity index (χ2v) is 6.01. The maximum absolute atomic E-state index is 12.9. The van der Waals surface area contributed by atoms with E-state index in [-0.39, 0.29) is 0 Å². The Balaban J connectivity index is 2.21. The van der Waals surface area contributed by atoms with E-state index >= 15 is 0 Å². The first kappa shape index (κ1) is 18.0. The second-order valence-electron chi connectivity index (χ2n) is 6.01. The average Bonchev–Trinajstić information content (AvgIpc) is 2.67. The van der Waals surface area contributed by atoms with Crippen molar-refractivity contribution < 1.29 is 13.2 Å². The highest BCUT2D eigenvalue weighted by Crippen LogP contribution is 2.36. The van der Waals surface area contributed by atoms with E-state index in [1.807, 2.05) is 60.7 Å². The van der Waals surface area contributed by atoms with Crippen LogP contribution in [0.5, 0.6) is 0 Å². The molecule has 3 aromatic carbocycles. The molecule has 0 amide bonds. The van der Waals surface area contributed by atoms with Crippen molar-refractivity contribution in [1.29, 1.82) is 0 Å². The Morgan fingerprint density at radius 2 is 1.12 bits per heavy atom. The third-order valence-corrected chi connectivity index (χ3v) is 4.34. The van der Waals surface area contributed by atoms with E-state index in [9.17, 15) is 13.2 Å². The first-order valence-corrected chi connectivity index (χ1v) is 8.52. The molecule has 0 radical (unpaired) electrons. The molecule has 3 aromatic rings. The van der Waals surface area contributed by atoms with Gasteiger partial charge in [0.15, 0.2) is 0 Å². The monoisotopic (exact) mass is 352 g/mol. The third-order valence-electron chi connectivity index (χ3n) is 4.34. The standard InChI is InChI=1S/C23H19F3/c1-2-21(17-9-5-3-6-10-17)22(18-11-7-4-8-12-18)19-13-15-20(16-14-19)23(24,25)26/h3-16H,2H2,1H3/b22-21+. The Morgan fingerprint density at radius 3 is 1.58 bits per heavy atom. The van der Waals surface area contributed by atoms with Crippen molar-refractivity contribution in [2.24, 2.45) is 0 Å². The molecular weight excluding hydrogens is 333 g/mol. The van der Waals surface area contributed by atoms with E-state index in [4.69, 9.17) is 0 Å². The molecule has 0 bridgehead atoms. The lowest BCUT2D eigenvalue weighted by Crippen LogP contribution is -2.04. The highest BCUT2D eigenvalue weighted by Gasteiger charge is 2.30. The molecule has 0 saturated heterocycles. The fourth-order valence-electron chi connectivity index (χ4n) is 3.11. The lowest BCUT2D eigenvalue weighted by atomic mass is 9.88. The maximum Gasteiger partial charge on any atom is 0.416 e. The summed E-state index contributed by atoms with van der Waals surface area (Å²) in [6.07, 6.45) is -3.56. The van der Waals surface area contributed by atoms with Crippen LogP contribution in [0.15, 0.2) is 84.9 Å². The molecule has 0 aliphatic carbocycles. The van der Waals surface area contributed by atoms with Gasteiger partial charge in [0, 0.05) is 0 Å². The lowest BCUT2D eigenvalue weighted by molar-refractivity contribution is -0.137. The van der Waals surface area contributed by atoms with Crippen LogP contribution >= 0.6 is 0 Å². The van der Waals surface area contributed by atoms with Gasteiger partial charge in [-0.3, -0.25) is 0 Å². The van der Waals surface area contributed by atoms with Crippen LogP contribution < -0.4 is 0 Å². The molecule has 0 aliphatic rings. The van der Waals surface area contributed by atoms with Gasteiger partial charge < -0.3 is 0 Å². The van der Waals surface area contributed by atoms with Crippen LogP contribution in [0.2, 0.25) is 0 Å². The van der Waals surface area contributed by atoms with Crippen molar-refractivity contribution in [3.63, 3.8) is 0 Å². The summed E-state index contributed by atoms with van der Waals surface area (Å²) in [5.41, 5.74) is 4.29. The molecule has 0 aromatic heterocycles. The Kier molecular flexibility index (Phi) is 5.27. The minimum Gasteiger partial charge on any atom is -0.166 e. The highest BCUT2D eigenvalue weighted by molar-refractivity contribution is 5.98. The summed E-state index contributed by atoms with van der Waals surface area (Å²) in [6.45, 7) is 2.06. The zero-order valence-electron chi connectivity index (χ0n) is 14.4. The van der Waals surface area contributed by atoms with Crippen LogP contribution in [0.25, 0.3) is 11.1 Å². The van der Waals surface area contributed by atoms with Gasteiger partial charge >= 0.3 is 6.18 Å². The van der Waals surface area contributed by atoms with Gasteiger partial charge in [0.1, 0.15) is 0 Å². The van der Waals surface area contributed by atoms with Gasteiger partial charge in [0.25, 0.3) is 0 Å². The predicted molar refractivity (Wildman–Crippen MR) is 101 cm³/mol. The summed E-state index contributed by atoms with van der Waals surface area (Å²) >= 11 is 0. The minimum absolute atomic E-state index is 0.633. The summed E-state index contributed by atoms with van der Waals surface area (Å²) in [6, 6.07) is 25.2. The van der Waals surface area contributed by atoms with Crippen molar-refractivity contribution in [3.05, 3.63) is 107 Å². The molecule has 0 spiro atoms. The van der Waals surface area contributed by atoms with Crippen LogP contribution in [-0.2, 0) is 6.18 Å². The number of hydrogen-bond acceptors (Lipinski definition) is 0. The molecule has 0 heterocycles. The summed E-state index contributed by atoms with van der Waals surface area (Å²) in [5.74, 6) is 0. The van der Waals surface area contributed by atoms with Crippen molar-refractivity contribution in [3.8, 4) is 0 Å². The third kappa shape index (κ3) is 3.88. The van der Waals surface area contributed by atoms with Gasteiger partial charge in [0.2, 0.25) is 0 Å². The van der Waals surface area contributed by atoms with E-state index in [0.717, 1.165) is 46.4 Å². The molecule has 3 rings (SSSR count). The van der Waals surface area contributed by atoms with Crippen LogP contribution in [0.4, 0.5) is 13.2 Å². The molecule has 0 unspecified atom stereocenters. The van der Waals surface area contributed by atoms with Gasteiger partial charge in [0.05, 0.1) is 5.56 Å². The zero-order valence-corrected chi connectivity index (χ0v) is 14.4. The van der Waals surface area contributed by atoms with Crippen LogP contribution in [0.3, 0.4) is 0 Å². The van der Waals surface area contributed by atoms with Gasteiger partial charge in [-0.05, 0) is 46.4 Å². The largest absolute Gasteiger partial charge is 0.416 e.